The van der Waals surface area contributed by atoms with Gasteiger partial charge in [0.05, 0.1) is 5.56 Å². The number of fused-ring (bicyclic) bond motifs is 1. The van der Waals surface area contributed by atoms with Crippen LogP contribution in [0, 0.1) is 5.92 Å². The highest BCUT2D eigenvalue weighted by Crippen LogP contribution is 2.31. The predicted octanol–water partition coefficient (Wildman–Crippen LogP) is 6.70. The number of hydrogen-bond donors (Lipinski definition) is 2. The van der Waals surface area contributed by atoms with Crippen molar-refractivity contribution in [3.63, 3.8) is 0 Å². The van der Waals surface area contributed by atoms with E-state index in [4.69, 9.17) is 0 Å². The first-order valence-corrected chi connectivity index (χ1v) is 11.7. The van der Waals surface area contributed by atoms with Gasteiger partial charge in [-0.25, -0.2) is 0 Å². The van der Waals surface area contributed by atoms with Crippen molar-refractivity contribution in [2.45, 2.75) is 32.0 Å². The molecule has 1 fully saturated rings. The average Bonchev–Trinajstić information content (AvgIpc) is 3.16. The van der Waals surface area contributed by atoms with Crippen LogP contribution in [0.3, 0.4) is 0 Å². The number of nitrogens with one attached hydrogen (secondary N) is 2. The Bertz CT molecular complexity index is 1410. The fourth-order valence-electron chi connectivity index (χ4n) is 4.32. The van der Waals surface area contributed by atoms with Gasteiger partial charge in [-0.05, 0) is 66.9 Å². The van der Waals surface area contributed by atoms with Crippen molar-refractivity contribution < 1.29 is 22.8 Å². The second-order valence-electron chi connectivity index (χ2n) is 9.02. The van der Waals surface area contributed by atoms with E-state index in [-0.39, 0.29) is 24.3 Å². The topological polar surface area (TPSA) is 63.1 Å². The highest BCUT2D eigenvalue weighted by Gasteiger charge is 2.30. The van der Waals surface area contributed by atoms with Crippen LogP contribution in [0.4, 0.5) is 24.5 Å². The Morgan fingerprint density at radius 1 is 0.861 bits per heavy atom. The summed E-state index contributed by atoms with van der Waals surface area (Å²) in [6, 6.07) is 21.1. The van der Waals surface area contributed by atoms with Crippen molar-refractivity contribution in [2.75, 3.05) is 10.6 Å². The Balaban J connectivity index is 1.48. The van der Waals surface area contributed by atoms with E-state index in [2.05, 4.69) is 10.6 Å². The van der Waals surface area contributed by atoms with Crippen molar-refractivity contribution in [1.82, 2.24) is 4.57 Å². The monoisotopic (exact) mass is 491 g/mol. The fourth-order valence-corrected chi connectivity index (χ4v) is 4.32. The van der Waals surface area contributed by atoms with Crippen molar-refractivity contribution in [3.8, 4) is 0 Å². The van der Waals surface area contributed by atoms with Crippen molar-refractivity contribution in [2.24, 2.45) is 5.92 Å². The smallest absolute Gasteiger partial charge is 0.332 e. The third-order valence-electron chi connectivity index (χ3n) is 6.53. The number of benzene rings is 3. The van der Waals surface area contributed by atoms with Crippen LogP contribution in [0.1, 0.15) is 40.9 Å². The molecule has 8 heteroatoms. The van der Waals surface area contributed by atoms with Gasteiger partial charge in [0.25, 0.3) is 5.91 Å². The quantitative estimate of drug-likeness (QED) is 0.315. The molecule has 36 heavy (non-hydrogen) atoms. The summed E-state index contributed by atoms with van der Waals surface area (Å²) in [6.45, 7) is 0.201. The molecule has 5 rings (SSSR count). The number of anilines is 2. The van der Waals surface area contributed by atoms with Gasteiger partial charge in [-0.3, -0.25) is 9.59 Å². The lowest BCUT2D eigenvalue weighted by atomic mass is 9.85. The van der Waals surface area contributed by atoms with Gasteiger partial charge in [-0.2, -0.15) is 13.2 Å². The Morgan fingerprint density at radius 3 is 2.22 bits per heavy atom. The number of rotatable bonds is 6. The maximum absolute atomic E-state index is 13.2. The van der Waals surface area contributed by atoms with E-state index in [0.29, 0.717) is 22.6 Å². The SMILES string of the molecule is O=C(Nc1ccccc1)c1cc2cc(NC(=O)C3CCC3)ccc2n1Cc1ccc(C(F)(F)F)cc1. The minimum Gasteiger partial charge on any atom is -0.332 e. The van der Waals surface area contributed by atoms with Crippen molar-refractivity contribution >= 4 is 34.1 Å². The lowest BCUT2D eigenvalue weighted by Gasteiger charge is -2.24. The van der Waals surface area contributed by atoms with E-state index in [1.807, 2.05) is 30.3 Å². The molecule has 3 aromatic carbocycles. The molecule has 0 radical (unpaired) electrons. The summed E-state index contributed by atoms with van der Waals surface area (Å²) >= 11 is 0. The molecule has 0 spiro atoms. The van der Waals surface area contributed by atoms with Crippen LogP contribution in [-0.2, 0) is 17.5 Å². The van der Waals surface area contributed by atoms with Crippen LogP contribution in [-0.4, -0.2) is 16.4 Å². The zero-order valence-corrected chi connectivity index (χ0v) is 19.3. The molecule has 1 saturated carbocycles. The summed E-state index contributed by atoms with van der Waals surface area (Å²) in [5, 5.41) is 6.56. The van der Waals surface area contributed by atoms with Crippen LogP contribution in [0.5, 0.6) is 0 Å². The predicted molar refractivity (Wildman–Crippen MR) is 133 cm³/mol. The van der Waals surface area contributed by atoms with Crippen molar-refractivity contribution in [1.29, 1.82) is 0 Å². The molecule has 0 aliphatic heterocycles. The molecule has 1 aliphatic rings. The summed E-state index contributed by atoms with van der Waals surface area (Å²) < 4.78 is 40.8. The number of carbonyl (C=O) groups excluding carboxylic acids is 2. The first-order chi connectivity index (χ1) is 17.3. The zero-order valence-electron chi connectivity index (χ0n) is 19.3. The van der Waals surface area contributed by atoms with Gasteiger partial charge in [-0.15, -0.1) is 0 Å². The number of hydrogen-bond acceptors (Lipinski definition) is 2. The Hall–Kier alpha value is -4.07. The minimum atomic E-state index is -4.42. The van der Waals surface area contributed by atoms with Gasteiger partial charge in [0.15, 0.2) is 0 Å². The first kappa shape index (κ1) is 23.7. The lowest BCUT2D eigenvalue weighted by Crippen LogP contribution is -2.27. The van der Waals surface area contributed by atoms with Crippen LogP contribution >= 0.6 is 0 Å². The fraction of sp³-hybridized carbons (Fsp3) is 0.214. The Kier molecular flexibility index (Phi) is 6.26. The van der Waals surface area contributed by atoms with Crippen molar-refractivity contribution in [3.05, 3.63) is 95.7 Å². The highest BCUT2D eigenvalue weighted by atomic mass is 19.4. The van der Waals surface area contributed by atoms with Gasteiger partial charge in [0.2, 0.25) is 5.91 Å². The van der Waals surface area contributed by atoms with Gasteiger partial charge in [0, 0.05) is 34.7 Å². The molecule has 2 N–H and O–H groups in total. The summed E-state index contributed by atoms with van der Waals surface area (Å²) in [6.07, 6.45) is -1.58. The van der Waals surface area contributed by atoms with E-state index >= 15 is 0 Å². The standard InChI is InChI=1S/C28H24F3N3O2/c29-28(30,31)21-11-9-18(10-12-21)17-34-24-14-13-23(33-26(35)19-5-4-6-19)15-20(24)16-25(34)27(36)32-22-7-2-1-3-8-22/h1-3,7-16,19H,4-6,17H2,(H,32,36)(H,33,35). The maximum atomic E-state index is 13.2. The van der Waals surface area contributed by atoms with E-state index in [1.165, 1.54) is 12.1 Å². The second-order valence-corrected chi connectivity index (χ2v) is 9.02. The lowest BCUT2D eigenvalue weighted by molar-refractivity contribution is -0.137. The number of halogens is 3. The maximum Gasteiger partial charge on any atom is 0.416 e. The summed E-state index contributed by atoms with van der Waals surface area (Å²) in [7, 11) is 0. The number of carbonyl (C=O) groups is 2. The zero-order chi connectivity index (χ0) is 25.3. The van der Waals surface area contributed by atoms with Crippen LogP contribution < -0.4 is 10.6 Å². The second kappa shape index (κ2) is 9.53. The highest BCUT2D eigenvalue weighted by molar-refractivity contribution is 6.07. The summed E-state index contributed by atoms with van der Waals surface area (Å²) in [4.78, 5) is 25.6. The van der Waals surface area contributed by atoms with Crippen LogP contribution in [0.25, 0.3) is 10.9 Å². The molecule has 2 amide bonds. The van der Waals surface area contributed by atoms with E-state index in [9.17, 15) is 22.8 Å². The third kappa shape index (κ3) is 4.98. The molecular weight excluding hydrogens is 467 g/mol. The molecular formula is C28H24F3N3O2. The molecule has 1 aromatic heterocycles. The molecule has 4 aromatic rings. The molecule has 0 atom stereocenters. The summed E-state index contributed by atoms with van der Waals surface area (Å²) in [5.41, 5.74) is 2.25. The number of aromatic nitrogens is 1. The van der Waals surface area contributed by atoms with Gasteiger partial charge in [-0.1, -0.05) is 36.8 Å². The number of amides is 2. The third-order valence-corrected chi connectivity index (χ3v) is 6.53. The van der Waals surface area contributed by atoms with Crippen LogP contribution in [0.2, 0.25) is 0 Å². The average molecular weight is 492 g/mol. The largest absolute Gasteiger partial charge is 0.416 e. The number of alkyl halides is 3. The molecule has 1 heterocycles. The van der Waals surface area contributed by atoms with E-state index < -0.39 is 11.7 Å². The Morgan fingerprint density at radius 2 is 1.58 bits per heavy atom. The van der Waals surface area contributed by atoms with Crippen LogP contribution in [0.15, 0.2) is 78.9 Å². The number of para-hydroxylation sites is 1. The van der Waals surface area contributed by atoms with Gasteiger partial charge < -0.3 is 15.2 Å². The first-order valence-electron chi connectivity index (χ1n) is 11.7. The van der Waals surface area contributed by atoms with E-state index in [1.54, 1.807) is 28.8 Å². The number of nitrogens with zero attached hydrogens (tertiary/aromatic N) is 1. The summed E-state index contributed by atoms with van der Waals surface area (Å²) in [5.74, 6) is -0.312. The molecule has 184 valence electrons. The minimum absolute atomic E-state index is 0.00756. The molecule has 1 aliphatic carbocycles. The molecule has 5 nitrogen and oxygen atoms in total. The van der Waals surface area contributed by atoms with Gasteiger partial charge in [0.1, 0.15) is 5.69 Å². The van der Waals surface area contributed by atoms with Gasteiger partial charge >= 0.3 is 6.18 Å². The molecule has 0 unspecified atom stereocenters. The normalized spacial score (nSPS) is 13.9. The molecule has 0 bridgehead atoms. The Labute approximate surface area is 205 Å². The van der Waals surface area contributed by atoms with E-state index in [0.717, 1.165) is 42.3 Å². The molecule has 0 saturated heterocycles.